The van der Waals surface area contributed by atoms with Crippen LogP contribution in [0.2, 0.25) is 0 Å². The zero-order valence-electron chi connectivity index (χ0n) is 26.1. The van der Waals surface area contributed by atoms with Crippen molar-refractivity contribution in [3.05, 3.63) is 48.5 Å². The predicted molar refractivity (Wildman–Crippen MR) is 175 cm³/mol. The Kier molecular flexibility index (Phi) is 18.6. The monoisotopic (exact) mass is 548 g/mol. The predicted octanol–water partition coefficient (Wildman–Crippen LogP) is 11.6. The molecule has 2 aromatic carbocycles. The van der Waals surface area contributed by atoms with Crippen molar-refractivity contribution in [2.24, 2.45) is 9.98 Å². The van der Waals surface area contributed by atoms with Gasteiger partial charge in [0, 0.05) is 0 Å². The van der Waals surface area contributed by atoms with Crippen molar-refractivity contribution in [1.29, 1.82) is 0 Å². The van der Waals surface area contributed by atoms with Crippen molar-refractivity contribution in [1.82, 2.24) is 0 Å². The van der Waals surface area contributed by atoms with E-state index in [9.17, 15) is 0 Å². The van der Waals surface area contributed by atoms with Gasteiger partial charge in [0.15, 0.2) is 0 Å². The molecule has 2 aromatic rings. The average molecular weight is 549 g/mol. The van der Waals surface area contributed by atoms with Crippen LogP contribution < -0.4 is 9.47 Å². The Morgan fingerprint density at radius 1 is 0.450 bits per heavy atom. The van der Waals surface area contributed by atoms with E-state index in [0.29, 0.717) is 0 Å². The van der Waals surface area contributed by atoms with Crippen LogP contribution in [0.25, 0.3) is 0 Å². The van der Waals surface area contributed by atoms with E-state index in [2.05, 4.69) is 13.8 Å². The van der Waals surface area contributed by atoms with Crippen molar-refractivity contribution in [3.8, 4) is 11.5 Å². The van der Waals surface area contributed by atoms with E-state index in [0.717, 1.165) is 60.4 Å². The van der Waals surface area contributed by atoms with Gasteiger partial charge in [-0.2, -0.15) is 0 Å². The van der Waals surface area contributed by atoms with Crippen molar-refractivity contribution in [2.75, 3.05) is 13.2 Å². The quantitative estimate of drug-likeness (QED) is 0.102. The summed E-state index contributed by atoms with van der Waals surface area (Å²) in [6, 6.07) is 16.1. The SMILES string of the molecule is CCCCCCCCCCOc1ccc(N=C(C)C(C)=Nc2ccc(OCCCCCCCCCC)cc2)cc1. The van der Waals surface area contributed by atoms with E-state index in [1.165, 1.54) is 89.9 Å². The topological polar surface area (TPSA) is 43.2 Å². The third-order valence-electron chi connectivity index (χ3n) is 7.32. The zero-order valence-corrected chi connectivity index (χ0v) is 26.1. The summed E-state index contributed by atoms with van der Waals surface area (Å²) >= 11 is 0. The van der Waals surface area contributed by atoms with Gasteiger partial charge in [-0.1, -0.05) is 104 Å². The molecular weight excluding hydrogens is 492 g/mol. The average Bonchev–Trinajstić information content (AvgIpc) is 2.97. The van der Waals surface area contributed by atoms with Gasteiger partial charge in [-0.15, -0.1) is 0 Å². The molecule has 0 aromatic heterocycles. The molecule has 0 unspecified atom stereocenters. The van der Waals surface area contributed by atoms with E-state index in [1.807, 2.05) is 62.4 Å². The molecule has 0 aliphatic rings. The van der Waals surface area contributed by atoms with Crippen LogP contribution in [-0.4, -0.2) is 24.6 Å². The summed E-state index contributed by atoms with van der Waals surface area (Å²) in [5.41, 5.74) is 3.64. The Bertz CT molecular complexity index is 868. The summed E-state index contributed by atoms with van der Waals surface area (Å²) in [5, 5.41) is 0. The second kappa shape index (κ2) is 22.1. The van der Waals surface area contributed by atoms with Crippen molar-refractivity contribution in [3.63, 3.8) is 0 Å². The van der Waals surface area contributed by atoms with Crippen LogP contribution >= 0.6 is 0 Å². The summed E-state index contributed by atoms with van der Waals surface area (Å²) in [7, 11) is 0. The summed E-state index contributed by atoms with van der Waals surface area (Å²) in [6.45, 7) is 10.1. The fourth-order valence-electron chi connectivity index (χ4n) is 4.63. The minimum Gasteiger partial charge on any atom is -0.494 e. The molecule has 0 saturated carbocycles. The van der Waals surface area contributed by atoms with Crippen LogP contribution in [0.1, 0.15) is 130 Å². The molecule has 222 valence electrons. The standard InChI is InChI=1S/C36H56N2O2/c1-5-7-9-11-13-15-17-19-29-39-35-25-21-33(22-26-35)37-31(3)32(4)38-34-23-27-36(28-24-34)40-30-20-18-16-14-12-10-8-6-2/h21-28H,5-20,29-30H2,1-4H3. The molecular formula is C36H56N2O2. The van der Waals surface area contributed by atoms with Gasteiger partial charge in [-0.05, 0) is 75.2 Å². The van der Waals surface area contributed by atoms with Crippen LogP contribution in [0.5, 0.6) is 11.5 Å². The van der Waals surface area contributed by atoms with Gasteiger partial charge in [0.25, 0.3) is 0 Å². The van der Waals surface area contributed by atoms with E-state index < -0.39 is 0 Å². The second-order valence-electron chi connectivity index (χ2n) is 11.0. The molecule has 0 radical (unpaired) electrons. The van der Waals surface area contributed by atoms with Crippen LogP contribution in [-0.2, 0) is 0 Å². The zero-order chi connectivity index (χ0) is 28.7. The maximum Gasteiger partial charge on any atom is 0.119 e. The number of aliphatic imine (C=N–C) groups is 2. The molecule has 4 nitrogen and oxygen atoms in total. The van der Waals surface area contributed by atoms with E-state index in [4.69, 9.17) is 19.5 Å². The van der Waals surface area contributed by atoms with Gasteiger partial charge < -0.3 is 9.47 Å². The summed E-state index contributed by atoms with van der Waals surface area (Å²) in [5.74, 6) is 1.82. The highest BCUT2D eigenvalue weighted by atomic mass is 16.5. The number of benzene rings is 2. The first-order valence-electron chi connectivity index (χ1n) is 16.2. The lowest BCUT2D eigenvalue weighted by Gasteiger charge is -2.07. The maximum atomic E-state index is 5.92. The molecule has 2 rings (SSSR count). The molecule has 4 heteroatoms. The second-order valence-corrected chi connectivity index (χ2v) is 11.0. The number of hydrogen-bond donors (Lipinski definition) is 0. The Morgan fingerprint density at radius 2 is 0.750 bits per heavy atom. The summed E-state index contributed by atoms with van der Waals surface area (Å²) in [6.07, 6.45) is 21.0. The minimum absolute atomic E-state index is 0.783. The number of nitrogens with zero attached hydrogens (tertiary/aromatic N) is 2. The first kappa shape index (κ1) is 33.6. The third kappa shape index (κ3) is 15.8. The molecule has 0 fully saturated rings. The summed E-state index contributed by atoms with van der Waals surface area (Å²) in [4.78, 5) is 9.51. The number of ether oxygens (including phenoxy) is 2. The van der Waals surface area contributed by atoms with Gasteiger partial charge >= 0.3 is 0 Å². The van der Waals surface area contributed by atoms with Crippen molar-refractivity contribution < 1.29 is 9.47 Å². The highest BCUT2D eigenvalue weighted by Crippen LogP contribution is 2.21. The van der Waals surface area contributed by atoms with Crippen LogP contribution in [0.15, 0.2) is 58.5 Å². The van der Waals surface area contributed by atoms with E-state index >= 15 is 0 Å². The number of hydrogen-bond acceptors (Lipinski definition) is 4. The first-order chi connectivity index (χ1) is 19.6. The normalized spacial score (nSPS) is 12.1. The molecule has 0 aliphatic heterocycles. The Hall–Kier alpha value is -2.62. The van der Waals surface area contributed by atoms with Crippen LogP contribution in [0.3, 0.4) is 0 Å². The molecule has 0 aliphatic carbocycles. The minimum atomic E-state index is 0.783. The van der Waals surface area contributed by atoms with Gasteiger partial charge in [-0.3, -0.25) is 9.98 Å². The highest BCUT2D eigenvalue weighted by Gasteiger charge is 2.02. The van der Waals surface area contributed by atoms with E-state index in [1.54, 1.807) is 0 Å². The molecule has 0 amide bonds. The van der Waals surface area contributed by atoms with Crippen LogP contribution in [0.4, 0.5) is 11.4 Å². The van der Waals surface area contributed by atoms with Crippen molar-refractivity contribution in [2.45, 2.75) is 130 Å². The van der Waals surface area contributed by atoms with E-state index in [-0.39, 0.29) is 0 Å². The molecule has 0 atom stereocenters. The summed E-state index contributed by atoms with van der Waals surface area (Å²) < 4.78 is 11.8. The first-order valence-corrected chi connectivity index (χ1v) is 16.2. The Labute approximate surface area is 245 Å². The smallest absolute Gasteiger partial charge is 0.119 e. The van der Waals surface area contributed by atoms with Gasteiger partial charge in [0.05, 0.1) is 36.0 Å². The maximum absolute atomic E-state index is 5.92. The lowest BCUT2D eigenvalue weighted by atomic mass is 10.1. The molecule has 0 N–H and O–H groups in total. The Morgan fingerprint density at radius 3 is 1.07 bits per heavy atom. The molecule has 0 bridgehead atoms. The van der Waals surface area contributed by atoms with Gasteiger partial charge in [-0.25, -0.2) is 0 Å². The molecule has 0 heterocycles. The van der Waals surface area contributed by atoms with Gasteiger partial charge in [0.2, 0.25) is 0 Å². The number of rotatable bonds is 23. The van der Waals surface area contributed by atoms with Crippen molar-refractivity contribution >= 4 is 22.8 Å². The fourth-order valence-corrected chi connectivity index (χ4v) is 4.63. The third-order valence-corrected chi connectivity index (χ3v) is 7.32. The molecule has 0 spiro atoms. The van der Waals surface area contributed by atoms with Crippen LogP contribution in [0, 0.1) is 0 Å². The fraction of sp³-hybridized carbons (Fsp3) is 0.611. The Balaban J connectivity index is 1.67. The number of unbranched alkanes of at least 4 members (excludes halogenated alkanes) is 14. The molecule has 40 heavy (non-hydrogen) atoms. The lowest BCUT2D eigenvalue weighted by molar-refractivity contribution is 0.304. The van der Waals surface area contributed by atoms with Gasteiger partial charge in [0.1, 0.15) is 11.5 Å². The lowest BCUT2D eigenvalue weighted by Crippen LogP contribution is -2.04. The largest absolute Gasteiger partial charge is 0.494 e. The highest BCUT2D eigenvalue weighted by molar-refractivity contribution is 6.41. The molecule has 0 saturated heterocycles.